The van der Waals surface area contributed by atoms with Crippen molar-refractivity contribution in [3.8, 4) is 0 Å². The van der Waals surface area contributed by atoms with Crippen LogP contribution in [0.15, 0.2) is 4.99 Å². The first-order valence-corrected chi connectivity index (χ1v) is 6.27. The zero-order chi connectivity index (χ0) is 9.10. The maximum Gasteiger partial charge on any atom is 0.156 e. The topological polar surface area (TPSA) is 24.4 Å². The van der Waals surface area contributed by atoms with Crippen LogP contribution in [-0.2, 0) is 0 Å². The molecule has 0 amide bonds. The number of amidine groups is 1. The minimum absolute atomic E-state index is 0.709. The van der Waals surface area contributed by atoms with E-state index in [0.29, 0.717) is 6.04 Å². The summed E-state index contributed by atoms with van der Waals surface area (Å²) in [5, 5.41) is 4.75. The van der Waals surface area contributed by atoms with Gasteiger partial charge in [0.25, 0.3) is 0 Å². The molecule has 2 nitrogen and oxygen atoms in total. The van der Waals surface area contributed by atoms with E-state index in [9.17, 15) is 0 Å². The maximum absolute atomic E-state index is 4.42. The number of rotatable bonds is 1. The summed E-state index contributed by atoms with van der Waals surface area (Å²) in [6.07, 6.45) is 5.44. The van der Waals surface area contributed by atoms with Crippen LogP contribution < -0.4 is 5.32 Å². The Labute approximate surface area is 84.6 Å². The van der Waals surface area contributed by atoms with Crippen molar-refractivity contribution in [3.05, 3.63) is 0 Å². The number of hydrogen-bond donors (Lipinski definition) is 1. The van der Waals surface area contributed by atoms with Gasteiger partial charge in [0.1, 0.15) is 0 Å². The van der Waals surface area contributed by atoms with Crippen molar-refractivity contribution in [1.29, 1.82) is 0 Å². The zero-order valence-electron chi connectivity index (χ0n) is 8.25. The van der Waals surface area contributed by atoms with Gasteiger partial charge in [-0.15, -0.1) is 0 Å². The summed E-state index contributed by atoms with van der Waals surface area (Å²) in [4.78, 5) is 4.42. The summed E-state index contributed by atoms with van der Waals surface area (Å²) >= 11 is 1.88. The summed E-state index contributed by atoms with van der Waals surface area (Å²) < 4.78 is 0. The number of hydrogen-bond acceptors (Lipinski definition) is 3. The molecule has 0 unspecified atom stereocenters. The molecular weight excluding hydrogens is 180 g/mol. The molecule has 1 N–H and O–H groups in total. The van der Waals surface area contributed by atoms with Gasteiger partial charge in [-0.1, -0.05) is 18.7 Å². The van der Waals surface area contributed by atoms with E-state index in [-0.39, 0.29) is 0 Å². The Bertz CT molecular complexity index is 195. The van der Waals surface area contributed by atoms with Crippen LogP contribution in [0.25, 0.3) is 0 Å². The monoisotopic (exact) mass is 198 g/mol. The molecule has 0 saturated heterocycles. The minimum atomic E-state index is 0.709. The van der Waals surface area contributed by atoms with Crippen LogP contribution in [0.4, 0.5) is 0 Å². The van der Waals surface area contributed by atoms with E-state index in [1.807, 2.05) is 11.8 Å². The second-order valence-corrected chi connectivity index (χ2v) is 5.22. The van der Waals surface area contributed by atoms with Gasteiger partial charge >= 0.3 is 0 Å². The van der Waals surface area contributed by atoms with Crippen LogP contribution in [0.2, 0.25) is 0 Å². The molecule has 0 bridgehead atoms. The van der Waals surface area contributed by atoms with E-state index in [1.165, 1.54) is 36.6 Å². The van der Waals surface area contributed by atoms with Gasteiger partial charge in [-0.2, -0.15) is 0 Å². The Morgan fingerprint density at radius 2 is 2.08 bits per heavy atom. The predicted octanol–water partition coefficient (Wildman–Crippen LogP) is 2.26. The van der Waals surface area contributed by atoms with E-state index >= 15 is 0 Å². The molecule has 1 saturated carbocycles. The SMILES string of the molecule is CC1CCC(NC2=NCCS2)CC1. The Hall–Kier alpha value is -0.180. The Balaban J connectivity index is 1.75. The number of nitrogens with zero attached hydrogens (tertiary/aromatic N) is 1. The van der Waals surface area contributed by atoms with Crippen LogP contribution in [0, 0.1) is 5.92 Å². The summed E-state index contributed by atoms with van der Waals surface area (Å²) in [5.74, 6) is 2.11. The molecule has 13 heavy (non-hydrogen) atoms. The summed E-state index contributed by atoms with van der Waals surface area (Å²) in [6.45, 7) is 3.37. The minimum Gasteiger partial charge on any atom is -0.362 e. The third-order valence-corrected chi connectivity index (χ3v) is 3.84. The van der Waals surface area contributed by atoms with Crippen molar-refractivity contribution in [2.24, 2.45) is 10.9 Å². The standard InChI is InChI=1S/C10H18N2S/c1-8-2-4-9(5-3-8)12-10-11-6-7-13-10/h8-9H,2-7H2,1H3,(H,11,12). The molecule has 3 heteroatoms. The lowest BCUT2D eigenvalue weighted by Crippen LogP contribution is -2.35. The second kappa shape index (κ2) is 4.36. The maximum atomic E-state index is 4.42. The van der Waals surface area contributed by atoms with E-state index in [2.05, 4.69) is 17.2 Å². The van der Waals surface area contributed by atoms with Crippen molar-refractivity contribution in [3.63, 3.8) is 0 Å². The smallest absolute Gasteiger partial charge is 0.156 e. The van der Waals surface area contributed by atoms with Gasteiger partial charge in [0.15, 0.2) is 5.17 Å². The average molecular weight is 198 g/mol. The van der Waals surface area contributed by atoms with Gasteiger partial charge in [0, 0.05) is 11.8 Å². The number of nitrogens with one attached hydrogen (secondary N) is 1. The summed E-state index contributed by atoms with van der Waals surface area (Å²) in [6, 6.07) is 0.709. The number of aliphatic imine (C=N–C) groups is 1. The van der Waals surface area contributed by atoms with Gasteiger partial charge in [0.05, 0.1) is 6.54 Å². The van der Waals surface area contributed by atoms with E-state index in [1.54, 1.807) is 0 Å². The van der Waals surface area contributed by atoms with Crippen molar-refractivity contribution >= 4 is 16.9 Å². The first kappa shape index (κ1) is 9.38. The van der Waals surface area contributed by atoms with Gasteiger partial charge in [-0.05, 0) is 31.6 Å². The van der Waals surface area contributed by atoms with Crippen LogP contribution in [-0.4, -0.2) is 23.5 Å². The molecule has 0 aromatic rings. The van der Waals surface area contributed by atoms with Crippen LogP contribution >= 0.6 is 11.8 Å². The first-order valence-electron chi connectivity index (χ1n) is 5.28. The van der Waals surface area contributed by atoms with Crippen molar-refractivity contribution in [2.75, 3.05) is 12.3 Å². The average Bonchev–Trinajstić information content (AvgIpc) is 2.62. The highest BCUT2D eigenvalue weighted by atomic mass is 32.2. The Morgan fingerprint density at radius 1 is 1.31 bits per heavy atom. The van der Waals surface area contributed by atoms with Gasteiger partial charge < -0.3 is 5.32 Å². The fourth-order valence-corrected chi connectivity index (χ4v) is 2.81. The lowest BCUT2D eigenvalue weighted by molar-refractivity contribution is 0.332. The molecule has 0 aromatic carbocycles. The highest BCUT2D eigenvalue weighted by molar-refractivity contribution is 8.14. The van der Waals surface area contributed by atoms with Crippen LogP contribution in [0.1, 0.15) is 32.6 Å². The molecule has 1 heterocycles. The molecule has 2 aliphatic rings. The molecule has 0 radical (unpaired) electrons. The molecule has 2 rings (SSSR count). The van der Waals surface area contributed by atoms with Crippen LogP contribution in [0.5, 0.6) is 0 Å². The number of thioether (sulfide) groups is 1. The fourth-order valence-electron chi connectivity index (χ4n) is 2.00. The third-order valence-electron chi connectivity index (χ3n) is 2.93. The molecule has 1 fully saturated rings. The second-order valence-electron chi connectivity index (χ2n) is 4.14. The zero-order valence-corrected chi connectivity index (χ0v) is 9.07. The van der Waals surface area contributed by atoms with E-state index in [4.69, 9.17) is 0 Å². The molecule has 1 aliphatic heterocycles. The van der Waals surface area contributed by atoms with Crippen molar-refractivity contribution in [2.45, 2.75) is 38.6 Å². The molecule has 0 atom stereocenters. The van der Waals surface area contributed by atoms with E-state index < -0.39 is 0 Å². The van der Waals surface area contributed by atoms with E-state index in [0.717, 1.165) is 12.5 Å². The first-order chi connectivity index (χ1) is 6.34. The highest BCUT2D eigenvalue weighted by Crippen LogP contribution is 2.24. The Morgan fingerprint density at radius 3 is 2.69 bits per heavy atom. The van der Waals surface area contributed by atoms with Crippen molar-refractivity contribution in [1.82, 2.24) is 5.32 Å². The largest absolute Gasteiger partial charge is 0.362 e. The normalized spacial score (nSPS) is 34.4. The predicted molar refractivity (Wildman–Crippen MR) is 59.3 cm³/mol. The fraction of sp³-hybridized carbons (Fsp3) is 0.900. The molecule has 0 aromatic heterocycles. The molecular formula is C10H18N2S. The van der Waals surface area contributed by atoms with Gasteiger partial charge in [-0.25, -0.2) is 0 Å². The summed E-state index contributed by atoms with van der Waals surface area (Å²) in [5.41, 5.74) is 0. The lowest BCUT2D eigenvalue weighted by atomic mass is 9.87. The third kappa shape index (κ3) is 2.63. The lowest BCUT2D eigenvalue weighted by Gasteiger charge is -2.27. The highest BCUT2D eigenvalue weighted by Gasteiger charge is 2.19. The Kier molecular flexibility index (Phi) is 3.14. The molecule has 0 spiro atoms. The van der Waals surface area contributed by atoms with Crippen LogP contribution in [0.3, 0.4) is 0 Å². The van der Waals surface area contributed by atoms with Crippen molar-refractivity contribution < 1.29 is 0 Å². The quantitative estimate of drug-likeness (QED) is 0.699. The summed E-state index contributed by atoms with van der Waals surface area (Å²) in [7, 11) is 0. The molecule has 1 aliphatic carbocycles. The molecule has 74 valence electrons. The van der Waals surface area contributed by atoms with Gasteiger partial charge in [-0.3, -0.25) is 4.99 Å². The van der Waals surface area contributed by atoms with Gasteiger partial charge in [0.2, 0.25) is 0 Å².